The largest absolute Gasteiger partial charge is 0.493 e. The zero-order valence-corrected chi connectivity index (χ0v) is 8.98. The summed E-state index contributed by atoms with van der Waals surface area (Å²) in [5, 5.41) is 10.6. The summed E-state index contributed by atoms with van der Waals surface area (Å²) in [5.74, 6) is 0.764. The van der Waals surface area contributed by atoms with Gasteiger partial charge in [0, 0.05) is 18.7 Å². The van der Waals surface area contributed by atoms with E-state index in [1.54, 1.807) is 0 Å². The smallest absolute Gasteiger partial charge is 0.404 e. The van der Waals surface area contributed by atoms with Gasteiger partial charge in [-0.3, -0.25) is 0 Å². The van der Waals surface area contributed by atoms with Crippen LogP contribution >= 0.6 is 0 Å². The second kappa shape index (κ2) is 6.68. The van der Waals surface area contributed by atoms with Crippen LogP contribution in [0.5, 0.6) is 5.75 Å². The molecule has 0 radical (unpaired) electrons. The first-order valence-electron chi connectivity index (χ1n) is 5.11. The maximum Gasteiger partial charge on any atom is 0.404 e. The van der Waals surface area contributed by atoms with Gasteiger partial charge < -0.3 is 20.9 Å². The molecule has 88 valence electrons. The van der Waals surface area contributed by atoms with E-state index < -0.39 is 6.09 Å². The molecule has 1 aromatic carbocycles. The standard InChI is InChI=1S/C11H16N2O3/c12-8-9-4-1-2-5-10(9)16-7-3-6-13-11(14)15/h1-2,4-5,13H,3,6-8,12H2,(H,14,15). The van der Waals surface area contributed by atoms with Crippen molar-refractivity contribution >= 4 is 6.09 Å². The van der Waals surface area contributed by atoms with Crippen LogP contribution in [0, 0.1) is 0 Å². The summed E-state index contributed by atoms with van der Waals surface area (Å²) >= 11 is 0. The highest BCUT2D eigenvalue weighted by Gasteiger charge is 2.00. The van der Waals surface area contributed by atoms with Crippen molar-refractivity contribution in [1.82, 2.24) is 5.32 Å². The number of para-hydroxylation sites is 1. The van der Waals surface area contributed by atoms with Crippen molar-refractivity contribution in [2.45, 2.75) is 13.0 Å². The van der Waals surface area contributed by atoms with Crippen molar-refractivity contribution in [3.8, 4) is 5.75 Å². The second-order valence-electron chi connectivity index (χ2n) is 3.25. The average molecular weight is 224 g/mol. The predicted octanol–water partition coefficient (Wildman–Crippen LogP) is 1.18. The molecule has 0 aliphatic carbocycles. The van der Waals surface area contributed by atoms with E-state index in [-0.39, 0.29) is 0 Å². The van der Waals surface area contributed by atoms with Crippen molar-refractivity contribution < 1.29 is 14.6 Å². The van der Waals surface area contributed by atoms with Gasteiger partial charge in [-0.1, -0.05) is 18.2 Å². The highest BCUT2D eigenvalue weighted by Crippen LogP contribution is 2.16. The number of nitrogens with two attached hydrogens (primary N) is 1. The van der Waals surface area contributed by atoms with Gasteiger partial charge in [0.05, 0.1) is 6.61 Å². The fourth-order valence-electron chi connectivity index (χ4n) is 1.26. The van der Waals surface area contributed by atoms with E-state index in [0.29, 0.717) is 26.1 Å². The second-order valence-corrected chi connectivity index (χ2v) is 3.25. The van der Waals surface area contributed by atoms with Crippen LogP contribution in [0.3, 0.4) is 0 Å². The molecule has 5 nitrogen and oxygen atoms in total. The third-order valence-electron chi connectivity index (χ3n) is 2.05. The minimum atomic E-state index is -1.01. The van der Waals surface area contributed by atoms with Gasteiger partial charge in [-0.15, -0.1) is 0 Å². The molecular weight excluding hydrogens is 208 g/mol. The van der Waals surface area contributed by atoms with Crippen LogP contribution in [0.1, 0.15) is 12.0 Å². The number of rotatable bonds is 6. The zero-order chi connectivity index (χ0) is 11.8. The van der Waals surface area contributed by atoms with Crippen LogP contribution in [0.4, 0.5) is 4.79 Å². The molecule has 0 aliphatic heterocycles. The number of nitrogens with one attached hydrogen (secondary N) is 1. The molecule has 0 spiro atoms. The zero-order valence-electron chi connectivity index (χ0n) is 8.98. The van der Waals surface area contributed by atoms with E-state index in [1.807, 2.05) is 24.3 Å². The van der Waals surface area contributed by atoms with Gasteiger partial charge in [0.25, 0.3) is 0 Å². The Hall–Kier alpha value is -1.75. The van der Waals surface area contributed by atoms with Crippen molar-refractivity contribution in [2.24, 2.45) is 5.73 Å². The number of benzene rings is 1. The Morgan fingerprint density at radius 2 is 2.19 bits per heavy atom. The van der Waals surface area contributed by atoms with Crippen LogP contribution in [0.25, 0.3) is 0 Å². The molecule has 5 heteroatoms. The SMILES string of the molecule is NCc1ccccc1OCCCNC(=O)O. The number of hydrogen-bond acceptors (Lipinski definition) is 3. The van der Waals surface area contributed by atoms with Gasteiger partial charge in [0.1, 0.15) is 5.75 Å². The first kappa shape index (κ1) is 12.3. The highest BCUT2D eigenvalue weighted by molar-refractivity contribution is 5.64. The topological polar surface area (TPSA) is 84.6 Å². The van der Waals surface area contributed by atoms with E-state index in [9.17, 15) is 4.79 Å². The van der Waals surface area contributed by atoms with E-state index >= 15 is 0 Å². The number of ether oxygens (including phenoxy) is 1. The highest BCUT2D eigenvalue weighted by atomic mass is 16.5. The van der Waals surface area contributed by atoms with Gasteiger partial charge in [-0.2, -0.15) is 0 Å². The Balaban J connectivity index is 2.28. The minimum Gasteiger partial charge on any atom is -0.493 e. The summed E-state index contributed by atoms with van der Waals surface area (Å²) in [6.07, 6.45) is -0.382. The molecule has 0 aromatic heterocycles. The fourth-order valence-corrected chi connectivity index (χ4v) is 1.26. The molecule has 0 aliphatic rings. The van der Waals surface area contributed by atoms with Crippen LogP contribution in [0.2, 0.25) is 0 Å². The summed E-state index contributed by atoms with van der Waals surface area (Å²) < 4.78 is 5.50. The van der Waals surface area contributed by atoms with Crippen LogP contribution in [0.15, 0.2) is 24.3 Å². The molecule has 0 unspecified atom stereocenters. The molecule has 1 amide bonds. The van der Waals surface area contributed by atoms with Gasteiger partial charge in [0.15, 0.2) is 0 Å². The van der Waals surface area contributed by atoms with Crippen molar-refractivity contribution in [2.75, 3.05) is 13.2 Å². The van der Waals surface area contributed by atoms with Gasteiger partial charge in [-0.05, 0) is 12.5 Å². The van der Waals surface area contributed by atoms with Crippen LogP contribution in [-0.4, -0.2) is 24.4 Å². The first-order chi connectivity index (χ1) is 7.74. The van der Waals surface area contributed by atoms with E-state index in [1.165, 1.54) is 0 Å². The average Bonchev–Trinajstić information content (AvgIpc) is 2.29. The first-order valence-corrected chi connectivity index (χ1v) is 5.11. The predicted molar refractivity (Wildman–Crippen MR) is 60.5 cm³/mol. The quantitative estimate of drug-likeness (QED) is 0.633. The Morgan fingerprint density at radius 1 is 1.44 bits per heavy atom. The molecule has 16 heavy (non-hydrogen) atoms. The summed E-state index contributed by atoms with van der Waals surface area (Å²) in [5.41, 5.74) is 6.50. The fraction of sp³-hybridized carbons (Fsp3) is 0.364. The molecule has 4 N–H and O–H groups in total. The Bertz CT molecular complexity index is 342. The molecule has 0 saturated heterocycles. The number of carbonyl (C=O) groups is 1. The molecule has 0 saturated carbocycles. The summed E-state index contributed by atoms with van der Waals surface area (Å²) in [6.45, 7) is 1.29. The van der Waals surface area contributed by atoms with E-state index in [2.05, 4.69) is 5.32 Å². The van der Waals surface area contributed by atoms with Crippen LogP contribution in [-0.2, 0) is 6.54 Å². The maximum atomic E-state index is 10.2. The Morgan fingerprint density at radius 3 is 2.88 bits per heavy atom. The van der Waals surface area contributed by atoms with Gasteiger partial charge in [0.2, 0.25) is 0 Å². The molecular formula is C11H16N2O3. The number of carboxylic acid groups (broad SMARTS) is 1. The van der Waals surface area contributed by atoms with Crippen LogP contribution < -0.4 is 15.8 Å². The monoisotopic (exact) mass is 224 g/mol. The van der Waals surface area contributed by atoms with Crippen molar-refractivity contribution in [1.29, 1.82) is 0 Å². The number of amides is 1. The van der Waals surface area contributed by atoms with Gasteiger partial charge in [-0.25, -0.2) is 4.79 Å². The molecule has 0 fully saturated rings. The number of hydrogen-bond donors (Lipinski definition) is 3. The Kier molecular flexibility index (Phi) is 5.15. The van der Waals surface area contributed by atoms with E-state index in [0.717, 1.165) is 11.3 Å². The lowest BCUT2D eigenvalue weighted by molar-refractivity contribution is 0.193. The van der Waals surface area contributed by atoms with E-state index in [4.69, 9.17) is 15.6 Å². The lowest BCUT2D eigenvalue weighted by atomic mass is 10.2. The maximum absolute atomic E-state index is 10.2. The summed E-state index contributed by atoms with van der Waals surface area (Å²) in [4.78, 5) is 10.2. The normalized spacial score (nSPS) is 9.81. The minimum absolute atomic E-state index is 0.389. The van der Waals surface area contributed by atoms with Gasteiger partial charge >= 0.3 is 6.09 Å². The third-order valence-corrected chi connectivity index (χ3v) is 2.05. The Labute approximate surface area is 94.2 Å². The lowest BCUT2D eigenvalue weighted by Gasteiger charge is -2.09. The lowest BCUT2D eigenvalue weighted by Crippen LogP contribution is -2.23. The van der Waals surface area contributed by atoms with Crippen molar-refractivity contribution in [3.05, 3.63) is 29.8 Å². The molecule has 0 heterocycles. The third kappa shape index (κ3) is 4.18. The molecule has 1 rings (SSSR count). The molecule has 1 aromatic rings. The molecule has 0 bridgehead atoms. The summed E-state index contributed by atoms with van der Waals surface area (Å²) in [6, 6.07) is 7.54. The summed E-state index contributed by atoms with van der Waals surface area (Å²) in [7, 11) is 0. The van der Waals surface area contributed by atoms with Crippen molar-refractivity contribution in [3.63, 3.8) is 0 Å². The molecule has 0 atom stereocenters.